The minimum atomic E-state index is -0.263. The maximum absolute atomic E-state index is 6.02. The third-order valence-electron chi connectivity index (χ3n) is 4.60. The van der Waals surface area contributed by atoms with Crippen molar-refractivity contribution in [1.29, 1.82) is 0 Å². The predicted molar refractivity (Wildman–Crippen MR) is 87.8 cm³/mol. The fourth-order valence-corrected chi connectivity index (χ4v) is 3.95. The summed E-state index contributed by atoms with van der Waals surface area (Å²) in [6, 6.07) is 0.210. The van der Waals surface area contributed by atoms with Crippen LogP contribution in [0.2, 0.25) is 0 Å². The molecule has 21 heavy (non-hydrogen) atoms. The lowest BCUT2D eigenvalue weighted by Crippen LogP contribution is -2.49. The van der Waals surface area contributed by atoms with Crippen LogP contribution in [0.3, 0.4) is 0 Å². The van der Waals surface area contributed by atoms with E-state index < -0.39 is 0 Å². The fourth-order valence-electron chi connectivity index (χ4n) is 3.45. The molecule has 0 radical (unpaired) electrons. The third-order valence-corrected chi connectivity index (χ3v) is 5.21. The fraction of sp³-hybridized carbons (Fsp3) is 0.800. The van der Waals surface area contributed by atoms with Crippen LogP contribution in [0.1, 0.15) is 70.2 Å². The van der Waals surface area contributed by atoms with Gasteiger partial charge in [0.15, 0.2) is 0 Å². The molecule has 1 aromatic rings. The van der Waals surface area contributed by atoms with E-state index in [4.69, 9.17) is 10.6 Å². The SMILES string of the molecule is COC1(C(NN)c2c(Br)cnn2C(C)C)CCCCCC1. The van der Waals surface area contributed by atoms with E-state index in [0.717, 1.165) is 23.0 Å². The Morgan fingerprint density at radius 3 is 2.43 bits per heavy atom. The molecule has 6 heteroatoms. The number of aromatic nitrogens is 2. The van der Waals surface area contributed by atoms with Crippen LogP contribution in [0.4, 0.5) is 0 Å². The number of nitrogens with zero attached hydrogens (tertiary/aromatic N) is 2. The minimum Gasteiger partial charge on any atom is -0.376 e. The Balaban J connectivity index is 2.44. The lowest BCUT2D eigenvalue weighted by molar-refractivity contribution is -0.0565. The molecular weight excluding hydrogens is 332 g/mol. The molecular formula is C15H27BrN4O. The van der Waals surface area contributed by atoms with Crippen molar-refractivity contribution in [3.8, 4) is 0 Å². The molecule has 0 bridgehead atoms. The summed E-state index contributed by atoms with van der Waals surface area (Å²) in [5.41, 5.74) is 3.83. The highest BCUT2D eigenvalue weighted by molar-refractivity contribution is 9.10. The van der Waals surface area contributed by atoms with E-state index >= 15 is 0 Å². The summed E-state index contributed by atoms with van der Waals surface area (Å²) in [7, 11) is 1.81. The van der Waals surface area contributed by atoms with Gasteiger partial charge in [-0.05, 0) is 42.6 Å². The van der Waals surface area contributed by atoms with Crippen LogP contribution in [-0.4, -0.2) is 22.5 Å². The van der Waals surface area contributed by atoms with E-state index in [1.165, 1.54) is 25.7 Å². The highest BCUT2D eigenvalue weighted by Crippen LogP contribution is 2.42. The molecule has 0 saturated heterocycles. The molecule has 0 spiro atoms. The van der Waals surface area contributed by atoms with Crippen LogP contribution >= 0.6 is 15.9 Å². The van der Waals surface area contributed by atoms with Crippen molar-refractivity contribution >= 4 is 15.9 Å². The van der Waals surface area contributed by atoms with Crippen molar-refractivity contribution in [3.05, 3.63) is 16.4 Å². The van der Waals surface area contributed by atoms with Gasteiger partial charge in [-0.2, -0.15) is 5.10 Å². The van der Waals surface area contributed by atoms with Crippen LogP contribution in [-0.2, 0) is 4.74 Å². The molecule has 1 unspecified atom stereocenters. The van der Waals surface area contributed by atoms with E-state index in [1.54, 1.807) is 7.11 Å². The van der Waals surface area contributed by atoms with Crippen LogP contribution in [0.25, 0.3) is 0 Å². The number of nitrogens with two attached hydrogens (primary N) is 1. The number of hydrazine groups is 1. The summed E-state index contributed by atoms with van der Waals surface area (Å²) >= 11 is 3.63. The van der Waals surface area contributed by atoms with Crippen LogP contribution in [0.15, 0.2) is 10.7 Å². The zero-order chi connectivity index (χ0) is 15.5. The van der Waals surface area contributed by atoms with Crippen LogP contribution in [0, 0.1) is 0 Å². The first-order valence-corrected chi connectivity index (χ1v) is 8.59. The molecule has 1 atom stereocenters. The number of nitrogens with one attached hydrogen (secondary N) is 1. The standard InChI is InChI=1S/C15H27BrN4O/c1-11(2)20-13(12(16)10-18-20)14(19-17)15(21-3)8-6-4-5-7-9-15/h10-11,14,19H,4-9,17H2,1-3H3. The van der Waals surface area contributed by atoms with Gasteiger partial charge in [0, 0.05) is 13.2 Å². The molecule has 1 saturated carbocycles. The normalized spacial score (nSPS) is 20.5. The van der Waals surface area contributed by atoms with Crippen molar-refractivity contribution in [2.45, 2.75) is 70.1 Å². The van der Waals surface area contributed by atoms with E-state index in [9.17, 15) is 0 Å². The Kier molecular flexibility index (Phi) is 5.82. The van der Waals surface area contributed by atoms with Crippen molar-refractivity contribution in [2.24, 2.45) is 5.84 Å². The predicted octanol–water partition coefficient (Wildman–Crippen LogP) is 3.47. The topological polar surface area (TPSA) is 65.1 Å². The maximum atomic E-state index is 6.02. The number of methoxy groups -OCH3 is 1. The molecule has 0 amide bonds. The highest BCUT2D eigenvalue weighted by Gasteiger charge is 2.42. The lowest BCUT2D eigenvalue weighted by Gasteiger charge is -2.39. The number of rotatable bonds is 5. The van der Waals surface area contributed by atoms with Crippen molar-refractivity contribution in [3.63, 3.8) is 0 Å². The number of halogens is 1. The molecule has 1 aliphatic rings. The van der Waals surface area contributed by atoms with Gasteiger partial charge in [-0.1, -0.05) is 25.7 Å². The van der Waals surface area contributed by atoms with Crippen LogP contribution < -0.4 is 11.3 Å². The summed E-state index contributed by atoms with van der Waals surface area (Å²) in [5, 5.41) is 4.49. The molecule has 5 nitrogen and oxygen atoms in total. The summed E-state index contributed by atoms with van der Waals surface area (Å²) < 4.78 is 9.03. The summed E-state index contributed by atoms with van der Waals surface area (Å²) in [6.45, 7) is 4.26. The number of hydrogen-bond acceptors (Lipinski definition) is 4. The Bertz CT molecular complexity index is 453. The Morgan fingerprint density at radius 2 is 1.95 bits per heavy atom. The van der Waals surface area contributed by atoms with Crippen LogP contribution in [0.5, 0.6) is 0 Å². The van der Waals surface area contributed by atoms with Gasteiger partial charge in [0.2, 0.25) is 0 Å². The summed E-state index contributed by atoms with van der Waals surface area (Å²) in [4.78, 5) is 0. The van der Waals surface area contributed by atoms with Crippen molar-refractivity contribution in [2.75, 3.05) is 7.11 Å². The molecule has 1 heterocycles. The van der Waals surface area contributed by atoms with E-state index in [-0.39, 0.29) is 17.7 Å². The zero-order valence-corrected chi connectivity index (χ0v) is 14.8. The van der Waals surface area contributed by atoms with Gasteiger partial charge in [-0.3, -0.25) is 10.5 Å². The molecule has 3 N–H and O–H groups in total. The number of ether oxygens (including phenoxy) is 1. The number of hydrogen-bond donors (Lipinski definition) is 2. The quantitative estimate of drug-likeness (QED) is 0.480. The van der Waals surface area contributed by atoms with Gasteiger partial charge < -0.3 is 4.74 Å². The van der Waals surface area contributed by atoms with E-state index in [0.29, 0.717) is 0 Å². The second-order valence-corrected chi connectivity index (χ2v) is 7.05. The van der Waals surface area contributed by atoms with Crippen molar-refractivity contribution < 1.29 is 4.74 Å². The second kappa shape index (κ2) is 7.22. The zero-order valence-electron chi connectivity index (χ0n) is 13.2. The molecule has 120 valence electrons. The maximum Gasteiger partial charge on any atom is 0.0929 e. The molecule has 1 aromatic heterocycles. The molecule has 2 rings (SSSR count). The first-order valence-electron chi connectivity index (χ1n) is 7.80. The molecule has 1 aliphatic carbocycles. The first kappa shape index (κ1) is 16.9. The summed E-state index contributed by atoms with van der Waals surface area (Å²) in [5.74, 6) is 5.95. The summed E-state index contributed by atoms with van der Waals surface area (Å²) in [6.07, 6.45) is 8.79. The monoisotopic (exact) mass is 358 g/mol. The van der Waals surface area contributed by atoms with E-state index in [1.807, 2.05) is 10.9 Å². The van der Waals surface area contributed by atoms with Gasteiger partial charge in [0.05, 0.1) is 28.0 Å². The Morgan fingerprint density at radius 1 is 1.33 bits per heavy atom. The Hall–Kier alpha value is -0.430. The molecule has 0 aliphatic heterocycles. The van der Waals surface area contributed by atoms with Gasteiger partial charge in [-0.25, -0.2) is 5.43 Å². The highest BCUT2D eigenvalue weighted by atomic mass is 79.9. The molecule has 1 fully saturated rings. The van der Waals surface area contributed by atoms with Gasteiger partial charge in [0.1, 0.15) is 0 Å². The third kappa shape index (κ3) is 3.33. The van der Waals surface area contributed by atoms with Crippen molar-refractivity contribution in [1.82, 2.24) is 15.2 Å². The van der Waals surface area contributed by atoms with Gasteiger partial charge in [-0.15, -0.1) is 0 Å². The average Bonchev–Trinajstić information content (AvgIpc) is 2.71. The van der Waals surface area contributed by atoms with E-state index in [2.05, 4.69) is 40.3 Å². The first-order chi connectivity index (χ1) is 10.1. The lowest BCUT2D eigenvalue weighted by atomic mass is 9.84. The van der Waals surface area contributed by atoms with Gasteiger partial charge in [0.25, 0.3) is 0 Å². The average molecular weight is 359 g/mol. The smallest absolute Gasteiger partial charge is 0.0929 e. The Labute approximate surface area is 135 Å². The minimum absolute atomic E-state index is 0.0696. The molecule has 0 aromatic carbocycles. The second-order valence-electron chi connectivity index (χ2n) is 6.20. The largest absolute Gasteiger partial charge is 0.376 e. The van der Waals surface area contributed by atoms with Gasteiger partial charge >= 0.3 is 0 Å².